The molecule has 1 aromatic rings. The molecule has 1 fully saturated rings. The largest absolute Gasteiger partial charge is 0.373 e. The molecule has 0 aromatic carbocycles. The van der Waals surface area contributed by atoms with Crippen molar-refractivity contribution < 1.29 is 14.3 Å². The molecule has 0 radical (unpaired) electrons. The van der Waals surface area contributed by atoms with Crippen LogP contribution in [0.2, 0.25) is 5.15 Å². The Bertz CT molecular complexity index is 380. The Morgan fingerprint density at radius 1 is 1.44 bits per heavy atom. The molecule has 1 aromatic heterocycles. The van der Waals surface area contributed by atoms with E-state index in [0.717, 1.165) is 24.5 Å². The zero-order chi connectivity index (χ0) is 13.4. The van der Waals surface area contributed by atoms with Gasteiger partial charge < -0.3 is 4.74 Å². The van der Waals surface area contributed by atoms with E-state index in [-0.39, 0.29) is 12.3 Å². The molecule has 0 aliphatic carbocycles. The average Bonchev–Trinajstić information content (AvgIpc) is 2.41. The van der Waals surface area contributed by atoms with E-state index in [9.17, 15) is 0 Å². The molecule has 4 nitrogen and oxygen atoms in total. The highest BCUT2D eigenvalue weighted by molar-refractivity contribution is 6.29. The second-order valence-corrected chi connectivity index (χ2v) is 4.56. The van der Waals surface area contributed by atoms with Crippen LogP contribution in [0.5, 0.6) is 0 Å². The summed E-state index contributed by atoms with van der Waals surface area (Å²) in [6.07, 6.45) is 5.86. The Morgan fingerprint density at radius 3 is 2.61 bits per heavy atom. The number of halogens is 1. The van der Waals surface area contributed by atoms with Crippen LogP contribution in [0.1, 0.15) is 37.9 Å². The molecule has 1 aliphatic rings. The van der Waals surface area contributed by atoms with Crippen LogP contribution in [0, 0.1) is 5.92 Å². The van der Waals surface area contributed by atoms with Gasteiger partial charge in [-0.2, -0.15) is 9.59 Å². The average molecular weight is 270 g/mol. The number of rotatable bonds is 2. The van der Waals surface area contributed by atoms with Gasteiger partial charge in [-0.05, 0) is 30.4 Å². The molecule has 2 rings (SSSR count). The molecule has 18 heavy (non-hydrogen) atoms. The van der Waals surface area contributed by atoms with Crippen molar-refractivity contribution in [1.82, 2.24) is 4.98 Å². The predicted octanol–water partition coefficient (Wildman–Crippen LogP) is 3.03. The molecular formula is C13H16ClNO3. The van der Waals surface area contributed by atoms with Gasteiger partial charge in [0.05, 0.1) is 12.7 Å². The second kappa shape index (κ2) is 7.98. The summed E-state index contributed by atoms with van der Waals surface area (Å²) in [5.41, 5.74) is 1.15. The maximum Gasteiger partial charge on any atom is 0.373 e. The molecule has 1 aliphatic heterocycles. The summed E-state index contributed by atoms with van der Waals surface area (Å²) in [4.78, 5) is 20.3. The van der Waals surface area contributed by atoms with E-state index < -0.39 is 0 Å². The maximum absolute atomic E-state index is 8.12. The monoisotopic (exact) mass is 269 g/mol. The van der Waals surface area contributed by atoms with Crippen molar-refractivity contribution in [2.75, 3.05) is 6.61 Å². The second-order valence-electron chi connectivity index (χ2n) is 4.17. The Labute approximate surface area is 111 Å². The van der Waals surface area contributed by atoms with Gasteiger partial charge in [0.15, 0.2) is 0 Å². The van der Waals surface area contributed by atoms with E-state index in [1.807, 2.05) is 18.3 Å². The van der Waals surface area contributed by atoms with Gasteiger partial charge in [-0.25, -0.2) is 4.98 Å². The molecule has 0 saturated carbocycles. The summed E-state index contributed by atoms with van der Waals surface area (Å²) in [7, 11) is 0. The highest BCUT2D eigenvalue weighted by Gasteiger charge is 2.21. The van der Waals surface area contributed by atoms with Crippen LogP contribution in [0.15, 0.2) is 18.3 Å². The third-order valence-corrected chi connectivity index (χ3v) is 3.29. The van der Waals surface area contributed by atoms with Gasteiger partial charge in [0.1, 0.15) is 5.15 Å². The SMILES string of the molecule is CC[C@@H]1CC[C@@H](c2ccc(Cl)nc2)OC1.O=C=O. The molecule has 2 heterocycles. The quantitative estimate of drug-likeness (QED) is 0.775. The minimum Gasteiger partial charge on any atom is -0.373 e. The van der Waals surface area contributed by atoms with Crippen molar-refractivity contribution in [3.63, 3.8) is 0 Å². The number of aromatic nitrogens is 1. The van der Waals surface area contributed by atoms with Gasteiger partial charge in [0.2, 0.25) is 0 Å². The molecule has 2 atom stereocenters. The molecule has 0 spiro atoms. The van der Waals surface area contributed by atoms with E-state index in [1.54, 1.807) is 0 Å². The molecule has 0 N–H and O–H groups in total. The summed E-state index contributed by atoms with van der Waals surface area (Å²) in [6, 6.07) is 3.83. The molecular weight excluding hydrogens is 254 g/mol. The summed E-state index contributed by atoms with van der Waals surface area (Å²) in [6.45, 7) is 3.10. The van der Waals surface area contributed by atoms with Crippen molar-refractivity contribution in [2.24, 2.45) is 5.92 Å². The smallest absolute Gasteiger partial charge is 0.373 e. The Kier molecular flexibility index (Phi) is 6.58. The Morgan fingerprint density at radius 2 is 2.17 bits per heavy atom. The zero-order valence-electron chi connectivity index (χ0n) is 10.3. The summed E-state index contributed by atoms with van der Waals surface area (Å²) >= 11 is 5.74. The van der Waals surface area contributed by atoms with E-state index in [0.29, 0.717) is 5.15 Å². The predicted molar refractivity (Wildman–Crippen MR) is 66.0 cm³/mol. The van der Waals surface area contributed by atoms with Crippen molar-refractivity contribution in [3.8, 4) is 0 Å². The minimum absolute atomic E-state index is 0.220. The third-order valence-electron chi connectivity index (χ3n) is 3.07. The topological polar surface area (TPSA) is 56.3 Å². The standard InChI is InChI=1S/C12H16ClNO.CO2/c1-2-9-3-5-11(15-8-9)10-4-6-12(13)14-7-10;2-1-3/h4,6-7,9,11H,2-3,5,8H2,1H3;/t9-,11+;/m1./s1. The fraction of sp³-hybridized carbons (Fsp3) is 0.538. The highest BCUT2D eigenvalue weighted by atomic mass is 35.5. The van der Waals surface area contributed by atoms with E-state index >= 15 is 0 Å². The number of hydrogen-bond donors (Lipinski definition) is 0. The lowest BCUT2D eigenvalue weighted by Gasteiger charge is -2.28. The van der Waals surface area contributed by atoms with Crippen molar-refractivity contribution in [1.29, 1.82) is 0 Å². The van der Waals surface area contributed by atoms with Crippen LogP contribution in [-0.4, -0.2) is 17.7 Å². The van der Waals surface area contributed by atoms with Crippen LogP contribution >= 0.6 is 11.6 Å². The molecule has 5 heteroatoms. The van der Waals surface area contributed by atoms with Gasteiger partial charge >= 0.3 is 6.15 Å². The number of pyridine rings is 1. The Hall–Kier alpha value is -1.22. The number of carbonyl (C=O) groups excluding carboxylic acids is 2. The van der Waals surface area contributed by atoms with Gasteiger partial charge in [-0.3, -0.25) is 0 Å². The molecule has 0 amide bonds. The third kappa shape index (κ3) is 4.57. The first-order valence-corrected chi connectivity index (χ1v) is 6.31. The zero-order valence-corrected chi connectivity index (χ0v) is 11.0. The molecule has 1 saturated heterocycles. The number of hydrogen-bond acceptors (Lipinski definition) is 4. The van der Waals surface area contributed by atoms with Gasteiger partial charge in [-0.1, -0.05) is 31.0 Å². The maximum atomic E-state index is 8.12. The van der Waals surface area contributed by atoms with Crippen LogP contribution in [0.4, 0.5) is 0 Å². The summed E-state index contributed by atoms with van der Waals surface area (Å²) in [5, 5.41) is 0.543. The van der Waals surface area contributed by atoms with E-state index in [4.69, 9.17) is 25.9 Å². The summed E-state index contributed by atoms with van der Waals surface area (Å²) < 4.78 is 5.82. The number of nitrogens with zero attached hydrogens (tertiary/aromatic N) is 1. The first-order valence-electron chi connectivity index (χ1n) is 5.93. The number of ether oxygens (including phenoxy) is 1. The molecule has 98 valence electrons. The van der Waals surface area contributed by atoms with Crippen LogP contribution in [-0.2, 0) is 14.3 Å². The van der Waals surface area contributed by atoms with Crippen molar-refractivity contribution in [3.05, 3.63) is 29.0 Å². The molecule has 0 bridgehead atoms. The summed E-state index contributed by atoms with van der Waals surface area (Å²) in [5.74, 6) is 0.738. The molecule has 0 unspecified atom stereocenters. The lowest BCUT2D eigenvalue weighted by Crippen LogP contribution is -2.20. The van der Waals surface area contributed by atoms with Crippen LogP contribution in [0.25, 0.3) is 0 Å². The van der Waals surface area contributed by atoms with Gasteiger partial charge in [-0.15, -0.1) is 0 Å². The van der Waals surface area contributed by atoms with Crippen LogP contribution < -0.4 is 0 Å². The fourth-order valence-electron chi connectivity index (χ4n) is 1.97. The van der Waals surface area contributed by atoms with Gasteiger partial charge in [0, 0.05) is 6.20 Å². The van der Waals surface area contributed by atoms with E-state index in [2.05, 4.69) is 11.9 Å². The lowest BCUT2D eigenvalue weighted by atomic mass is 9.94. The fourth-order valence-corrected chi connectivity index (χ4v) is 2.08. The van der Waals surface area contributed by atoms with Gasteiger partial charge in [0.25, 0.3) is 0 Å². The minimum atomic E-state index is 0.220. The van der Waals surface area contributed by atoms with E-state index in [1.165, 1.54) is 12.8 Å². The highest BCUT2D eigenvalue weighted by Crippen LogP contribution is 2.31. The lowest BCUT2D eigenvalue weighted by molar-refractivity contribution is -0.191. The van der Waals surface area contributed by atoms with Crippen molar-refractivity contribution in [2.45, 2.75) is 32.3 Å². The van der Waals surface area contributed by atoms with Crippen LogP contribution in [0.3, 0.4) is 0 Å². The first kappa shape index (κ1) is 14.8. The Balaban J connectivity index is 0.000000492. The van der Waals surface area contributed by atoms with Crippen molar-refractivity contribution >= 4 is 17.8 Å². The normalized spacial score (nSPS) is 22.6. The first-order chi connectivity index (χ1) is 8.71.